The van der Waals surface area contributed by atoms with E-state index >= 15 is 0 Å². The highest BCUT2D eigenvalue weighted by Gasteiger charge is 2.23. The molecular formula is C76H96N32O4S. The Labute approximate surface area is 658 Å². The molecule has 590 valence electrons. The summed E-state index contributed by atoms with van der Waals surface area (Å²) in [5.74, 6) is 7.24. The van der Waals surface area contributed by atoms with Crippen LogP contribution in [-0.4, -0.2) is 235 Å². The normalized spacial score (nSPS) is 15.6. The zero-order valence-corrected chi connectivity index (χ0v) is 64.7. The number of nitrogens with one attached hydrogen (secondary N) is 4. The molecule has 4 aromatic carbocycles. The number of ether oxygens (including phenoxy) is 4. The number of pyridine rings is 1. The number of thiazole rings is 1. The third-order valence-electron chi connectivity index (χ3n) is 19.2. The van der Waals surface area contributed by atoms with Gasteiger partial charge in [-0.25, -0.2) is 19.9 Å². The summed E-state index contributed by atoms with van der Waals surface area (Å²) in [5, 5.41) is 31.1. The Morgan fingerprint density at radius 2 is 0.850 bits per heavy atom. The van der Waals surface area contributed by atoms with Crippen molar-refractivity contribution >= 4 is 93.4 Å². The van der Waals surface area contributed by atoms with Crippen molar-refractivity contribution in [2.24, 2.45) is 0 Å². The average Bonchev–Trinajstić information content (AvgIpc) is 1.72. The maximum Gasteiger partial charge on any atom is 0.255 e. The van der Waals surface area contributed by atoms with Crippen LogP contribution in [0.15, 0.2) is 146 Å². The second-order valence-electron chi connectivity index (χ2n) is 27.5. The smallest absolute Gasteiger partial charge is 0.255 e. The van der Waals surface area contributed by atoms with Crippen LogP contribution in [0.1, 0.15) is 53.7 Å². The number of benzene rings is 4. The first kappa shape index (κ1) is 77.5. The molecule has 13 heterocycles. The Hall–Kier alpha value is -12.3. The van der Waals surface area contributed by atoms with Gasteiger partial charge in [0.15, 0.2) is 23.1 Å². The summed E-state index contributed by atoms with van der Waals surface area (Å²) in [6, 6.07) is 39.7. The summed E-state index contributed by atoms with van der Waals surface area (Å²) in [4.78, 5) is 58.9. The van der Waals surface area contributed by atoms with Crippen LogP contribution in [0, 0.1) is 6.92 Å². The molecule has 0 radical (unpaired) electrons. The van der Waals surface area contributed by atoms with Gasteiger partial charge in [0.2, 0.25) is 58.7 Å². The van der Waals surface area contributed by atoms with Crippen LogP contribution in [0.4, 0.5) is 82.1 Å². The lowest BCUT2D eigenvalue weighted by molar-refractivity contribution is 0.0341. The number of methoxy groups -OCH3 is 2. The van der Waals surface area contributed by atoms with Gasteiger partial charge < -0.3 is 77.8 Å². The quantitative estimate of drug-likeness (QED) is 0.0317. The van der Waals surface area contributed by atoms with Gasteiger partial charge in [-0.15, -0.1) is 31.7 Å². The minimum atomic E-state index is 0.243. The molecule has 0 unspecified atom stereocenters. The molecule has 0 spiro atoms. The first-order chi connectivity index (χ1) is 55.3. The van der Waals surface area contributed by atoms with Crippen LogP contribution in [-0.2, 0) is 29.1 Å². The van der Waals surface area contributed by atoms with Crippen LogP contribution < -0.4 is 63.5 Å². The lowest BCUT2D eigenvalue weighted by Crippen LogP contribution is -2.45. The van der Waals surface area contributed by atoms with Crippen molar-refractivity contribution in [1.82, 2.24) is 109 Å². The van der Waals surface area contributed by atoms with Crippen LogP contribution >= 0.6 is 11.3 Å². The van der Waals surface area contributed by atoms with Gasteiger partial charge in [-0.3, -0.25) is 14.7 Å². The summed E-state index contributed by atoms with van der Waals surface area (Å²) in [7, 11) is 5.29. The molecule has 0 amide bonds. The zero-order valence-electron chi connectivity index (χ0n) is 63.9. The maximum atomic E-state index is 6.15. The maximum absolute atomic E-state index is 6.15. The molecule has 5 fully saturated rings. The lowest BCUT2D eigenvalue weighted by Gasteiger charge is -2.32. The summed E-state index contributed by atoms with van der Waals surface area (Å²) in [6.45, 7) is 20.1. The van der Waals surface area contributed by atoms with Gasteiger partial charge in [-0.05, 0) is 143 Å². The number of piperazine rings is 1. The molecule has 5 saturated heterocycles. The molecule has 5 aliphatic rings. The molecule has 12 aromatic rings. The van der Waals surface area contributed by atoms with Crippen molar-refractivity contribution in [3.05, 3.63) is 168 Å². The molecule has 0 bridgehead atoms. The van der Waals surface area contributed by atoms with Gasteiger partial charge in [0.1, 0.15) is 5.82 Å². The highest BCUT2D eigenvalue weighted by Crippen LogP contribution is 2.32. The number of nitrogen functional groups attached to an aromatic ring is 4. The highest BCUT2D eigenvalue weighted by atomic mass is 32.1. The number of aromatic nitrogens is 18. The molecule has 5 aliphatic heterocycles. The lowest BCUT2D eigenvalue weighted by atomic mass is 10.1. The first-order valence-electron chi connectivity index (χ1n) is 37.8. The number of anilines is 14. The van der Waals surface area contributed by atoms with Gasteiger partial charge in [0.05, 0.1) is 40.6 Å². The van der Waals surface area contributed by atoms with E-state index in [0.717, 1.165) is 145 Å². The van der Waals surface area contributed by atoms with E-state index in [1.165, 1.54) is 91.9 Å². The second kappa shape index (κ2) is 37.6. The van der Waals surface area contributed by atoms with Gasteiger partial charge in [0, 0.05) is 150 Å². The molecule has 8 aromatic heterocycles. The van der Waals surface area contributed by atoms with Crippen molar-refractivity contribution in [2.75, 3.05) is 180 Å². The van der Waals surface area contributed by atoms with Gasteiger partial charge >= 0.3 is 0 Å². The number of piperidine rings is 1. The number of nitrogens with zero attached hydrogens (tertiary/aromatic N) is 24. The molecule has 17 rings (SSSR count). The number of likely N-dealkylation sites (N-methyl/N-ethyl adjacent to an activating group) is 1. The number of aryl methyl sites for hydroxylation is 1. The van der Waals surface area contributed by atoms with E-state index in [4.69, 9.17) is 41.9 Å². The number of rotatable bonds is 22. The van der Waals surface area contributed by atoms with Crippen LogP contribution in [0.5, 0.6) is 11.5 Å². The zero-order chi connectivity index (χ0) is 77.8. The predicted octanol–water partition coefficient (Wildman–Crippen LogP) is 8.13. The van der Waals surface area contributed by atoms with E-state index in [-0.39, 0.29) is 17.8 Å². The fourth-order valence-corrected chi connectivity index (χ4v) is 13.9. The molecule has 113 heavy (non-hydrogen) atoms. The standard InChI is InChI=1S/C22H30N10O.C22H29N9O.C18H21N7.C14H16N6O2S/c1-29-8-10-31(11-9-29)22-24-7-6-19(26-22)32-20(23)27-21(28-32)25-18-4-2-17(3-5-18)16-30-12-14-33-15-13-30;23-20-27-21(25-18-6-4-17(5-7-18)16-29-12-14-32-15-13-29)28-31(20)22-24-9-8-19(26-22)30-10-2-1-3-11-30;19-17-22-18(23-25(17)16-5-1-2-10-20-16)21-15-8-6-14(7-9-15)13-24-11-3-4-12-24;1-8-7-16-14(23-8)20-12(15)18-13(19-20)17-9-4-5-10(21-2)11(6-9)22-3/h2-7H,8-16H2,1H3,(H3,23,25,27,28);4-9H,1-3,10-16H2,(H3,23,25,27,28);1-2,5-10H,3-4,11-13H2,(H3,19,21,22,23);4-7H,1-3H3,(H3,15,17,18,19). The van der Waals surface area contributed by atoms with Crippen LogP contribution in [0.3, 0.4) is 0 Å². The summed E-state index contributed by atoms with van der Waals surface area (Å²) >= 11 is 1.49. The van der Waals surface area contributed by atoms with E-state index in [9.17, 15) is 0 Å². The number of hydrogen-bond donors (Lipinski definition) is 8. The number of likely N-dealkylation sites (tertiary alicyclic amines) is 1. The van der Waals surface area contributed by atoms with Gasteiger partial charge in [0.25, 0.3) is 5.95 Å². The fourth-order valence-electron chi connectivity index (χ4n) is 13.2. The molecule has 0 saturated carbocycles. The Morgan fingerprint density at radius 3 is 1.36 bits per heavy atom. The number of hydrogen-bond acceptors (Lipinski definition) is 33. The molecule has 0 atom stereocenters. The van der Waals surface area contributed by atoms with E-state index in [2.05, 4.69) is 164 Å². The fraction of sp³-hybridized carbons (Fsp3) is 0.368. The molecular weight excluding hydrogens is 1460 g/mol. The largest absolute Gasteiger partial charge is 0.493 e. The van der Waals surface area contributed by atoms with Crippen LogP contribution in [0.25, 0.3) is 22.7 Å². The SMILES string of the molecule is CN1CCN(c2nccc(-n3nc(Nc4ccc(CN5CCOCC5)cc4)nc3N)n2)CC1.COc1ccc(Nc2nc(N)n(-c3ncc(C)s3)n2)cc1OC.Nc1nc(Nc2ccc(CN3CCCC3)cc2)nn1-c1ccccn1.Nc1nc(Nc2ccc(CN3CCOCC3)cc2)nn1-c1nccc(N2CCCCC2)n1. The topological polar surface area (TPSA) is 409 Å². The van der Waals surface area contributed by atoms with Crippen molar-refractivity contribution < 1.29 is 18.9 Å². The average molecular weight is 1550 g/mol. The van der Waals surface area contributed by atoms with E-state index in [1.807, 2.05) is 73.7 Å². The summed E-state index contributed by atoms with van der Waals surface area (Å²) in [5.41, 5.74) is 31.5. The Bertz CT molecular complexity index is 4970. The number of nitrogens with two attached hydrogens (primary N) is 4. The van der Waals surface area contributed by atoms with Crippen molar-refractivity contribution in [3.63, 3.8) is 0 Å². The minimum Gasteiger partial charge on any atom is -0.493 e. The number of morpholine rings is 2. The van der Waals surface area contributed by atoms with E-state index in [0.29, 0.717) is 69.9 Å². The van der Waals surface area contributed by atoms with Crippen molar-refractivity contribution in [2.45, 2.75) is 58.7 Å². The summed E-state index contributed by atoms with van der Waals surface area (Å²) < 4.78 is 27.3. The first-order valence-corrected chi connectivity index (χ1v) is 38.6. The summed E-state index contributed by atoms with van der Waals surface area (Å²) in [6.07, 6.45) is 13.2. The second-order valence-corrected chi connectivity index (χ2v) is 28.7. The van der Waals surface area contributed by atoms with Crippen molar-refractivity contribution in [3.8, 4) is 34.2 Å². The molecule has 12 N–H and O–H groups in total. The van der Waals surface area contributed by atoms with E-state index < -0.39 is 0 Å². The third-order valence-corrected chi connectivity index (χ3v) is 20.1. The Morgan fingerprint density at radius 1 is 0.398 bits per heavy atom. The Kier molecular flexibility index (Phi) is 25.8. The van der Waals surface area contributed by atoms with E-state index in [1.54, 1.807) is 57.2 Å². The minimum absolute atomic E-state index is 0.243. The molecule has 37 heteroatoms. The third kappa shape index (κ3) is 21.1. The molecule has 36 nitrogen and oxygen atoms in total. The van der Waals surface area contributed by atoms with Crippen molar-refractivity contribution in [1.29, 1.82) is 0 Å². The van der Waals surface area contributed by atoms with Gasteiger partial charge in [-0.1, -0.05) is 42.5 Å². The Balaban J connectivity index is 0.000000126. The van der Waals surface area contributed by atoms with Crippen LogP contribution in [0.2, 0.25) is 0 Å². The monoisotopic (exact) mass is 1550 g/mol. The molecule has 0 aliphatic carbocycles. The van der Waals surface area contributed by atoms with Gasteiger partial charge in [-0.2, -0.15) is 48.6 Å². The predicted molar refractivity (Wildman–Crippen MR) is 437 cm³/mol. The highest BCUT2D eigenvalue weighted by molar-refractivity contribution is 7.14.